The second-order valence-electron chi connectivity index (χ2n) is 6.33. The quantitative estimate of drug-likeness (QED) is 0.756. The summed E-state index contributed by atoms with van der Waals surface area (Å²) in [7, 11) is 0. The SMILES string of the molecule is CC1CCN(C(Cc2ccccc2)c2ccccc2)CC1.Cl. The first kappa shape index (κ1) is 17.1. The summed E-state index contributed by atoms with van der Waals surface area (Å²) >= 11 is 0. The number of piperidine rings is 1. The molecule has 2 heteroatoms. The van der Waals surface area contributed by atoms with E-state index in [1.165, 1.54) is 37.1 Å². The Hall–Kier alpha value is -1.31. The fourth-order valence-corrected chi connectivity index (χ4v) is 3.31. The Balaban J connectivity index is 0.00000176. The van der Waals surface area contributed by atoms with E-state index in [-0.39, 0.29) is 12.4 Å². The van der Waals surface area contributed by atoms with Crippen molar-refractivity contribution in [3.05, 3.63) is 71.8 Å². The van der Waals surface area contributed by atoms with E-state index in [9.17, 15) is 0 Å². The van der Waals surface area contributed by atoms with Crippen LogP contribution >= 0.6 is 12.4 Å². The predicted octanol–water partition coefficient (Wildman–Crippen LogP) is 5.12. The molecule has 0 N–H and O–H groups in total. The maximum absolute atomic E-state index is 2.68. The standard InChI is InChI=1S/C20H25N.ClH/c1-17-12-14-21(15-13-17)20(19-10-6-3-7-11-19)16-18-8-4-2-5-9-18;/h2-11,17,20H,12-16H2,1H3;1H. The molecule has 0 aromatic heterocycles. The number of halogens is 1. The topological polar surface area (TPSA) is 3.24 Å². The van der Waals surface area contributed by atoms with Gasteiger partial charge < -0.3 is 0 Å². The molecule has 1 saturated heterocycles. The van der Waals surface area contributed by atoms with Gasteiger partial charge in [0.1, 0.15) is 0 Å². The molecule has 2 aromatic carbocycles. The van der Waals surface area contributed by atoms with Crippen LogP contribution in [-0.4, -0.2) is 18.0 Å². The Morgan fingerprint density at radius 2 is 1.45 bits per heavy atom. The highest BCUT2D eigenvalue weighted by Crippen LogP contribution is 2.29. The van der Waals surface area contributed by atoms with E-state index in [1.54, 1.807) is 0 Å². The number of hydrogen-bond donors (Lipinski definition) is 0. The Bertz CT molecular complexity index is 532. The van der Waals surface area contributed by atoms with Crippen LogP contribution in [0.15, 0.2) is 60.7 Å². The van der Waals surface area contributed by atoms with Gasteiger partial charge in [0.2, 0.25) is 0 Å². The maximum atomic E-state index is 2.68. The first-order valence-electron chi connectivity index (χ1n) is 8.16. The summed E-state index contributed by atoms with van der Waals surface area (Å²) in [6.07, 6.45) is 3.77. The first-order chi connectivity index (χ1) is 10.3. The number of hydrogen-bond acceptors (Lipinski definition) is 1. The molecule has 0 spiro atoms. The second kappa shape index (κ2) is 8.36. The fraction of sp³-hybridized carbons (Fsp3) is 0.400. The molecule has 1 fully saturated rings. The minimum absolute atomic E-state index is 0. The van der Waals surface area contributed by atoms with Gasteiger partial charge in [-0.2, -0.15) is 0 Å². The van der Waals surface area contributed by atoms with Crippen molar-refractivity contribution in [3.8, 4) is 0 Å². The summed E-state index contributed by atoms with van der Waals surface area (Å²) in [6.45, 7) is 4.84. The van der Waals surface area contributed by atoms with Gasteiger partial charge in [-0.05, 0) is 49.4 Å². The summed E-state index contributed by atoms with van der Waals surface area (Å²) in [5.41, 5.74) is 2.89. The van der Waals surface area contributed by atoms with Crippen molar-refractivity contribution >= 4 is 12.4 Å². The van der Waals surface area contributed by atoms with Crippen LogP contribution in [0, 0.1) is 5.92 Å². The maximum Gasteiger partial charge on any atom is 0.0388 e. The number of likely N-dealkylation sites (tertiary alicyclic amines) is 1. The van der Waals surface area contributed by atoms with Crippen LogP contribution in [0.2, 0.25) is 0 Å². The Morgan fingerprint density at radius 3 is 2.05 bits per heavy atom. The molecule has 3 rings (SSSR count). The largest absolute Gasteiger partial charge is 0.296 e. The molecule has 22 heavy (non-hydrogen) atoms. The van der Waals surface area contributed by atoms with Crippen molar-refractivity contribution in [1.29, 1.82) is 0 Å². The van der Waals surface area contributed by atoms with Crippen molar-refractivity contribution in [2.45, 2.75) is 32.2 Å². The average Bonchev–Trinajstić information content (AvgIpc) is 2.55. The van der Waals surface area contributed by atoms with Gasteiger partial charge in [0.25, 0.3) is 0 Å². The van der Waals surface area contributed by atoms with E-state index < -0.39 is 0 Å². The highest BCUT2D eigenvalue weighted by Gasteiger charge is 2.24. The number of nitrogens with zero attached hydrogens (tertiary/aromatic N) is 1. The summed E-state index contributed by atoms with van der Waals surface area (Å²) in [4.78, 5) is 2.68. The van der Waals surface area contributed by atoms with Crippen LogP contribution in [-0.2, 0) is 6.42 Å². The van der Waals surface area contributed by atoms with Gasteiger partial charge in [0.15, 0.2) is 0 Å². The zero-order valence-electron chi connectivity index (χ0n) is 13.3. The van der Waals surface area contributed by atoms with Gasteiger partial charge in [-0.25, -0.2) is 0 Å². The Kier molecular flexibility index (Phi) is 6.48. The monoisotopic (exact) mass is 315 g/mol. The predicted molar refractivity (Wildman–Crippen MR) is 96.5 cm³/mol. The third-order valence-corrected chi connectivity index (χ3v) is 4.72. The van der Waals surface area contributed by atoms with Crippen molar-refractivity contribution in [3.63, 3.8) is 0 Å². The van der Waals surface area contributed by atoms with Crippen LogP contribution in [0.3, 0.4) is 0 Å². The lowest BCUT2D eigenvalue weighted by Gasteiger charge is -2.37. The van der Waals surface area contributed by atoms with Crippen LogP contribution in [0.5, 0.6) is 0 Å². The molecule has 0 radical (unpaired) electrons. The van der Waals surface area contributed by atoms with Gasteiger partial charge in [0.05, 0.1) is 0 Å². The molecule has 118 valence electrons. The Morgan fingerprint density at radius 1 is 0.909 bits per heavy atom. The number of benzene rings is 2. The molecule has 1 aliphatic rings. The van der Waals surface area contributed by atoms with E-state index in [0.29, 0.717) is 6.04 Å². The normalized spacial score (nSPS) is 17.7. The molecular weight excluding hydrogens is 290 g/mol. The van der Waals surface area contributed by atoms with Gasteiger partial charge in [0, 0.05) is 6.04 Å². The summed E-state index contributed by atoms with van der Waals surface area (Å²) in [5, 5.41) is 0. The highest BCUT2D eigenvalue weighted by atomic mass is 35.5. The summed E-state index contributed by atoms with van der Waals surface area (Å²) in [5.74, 6) is 0.884. The van der Waals surface area contributed by atoms with Crippen molar-refractivity contribution in [2.75, 3.05) is 13.1 Å². The third kappa shape index (κ3) is 4.34. The van der Waals surface area contributed by atoms with Crippen LogP contribution in [0.25, 0.3) is 0 Å². The molecule has 0 saturated carbocycles. The number of rotatable bonds is 4. The molecule has 1 nitrogen and oxygen atoms in total. The molecule has 1 aliphatic heterocycles. The lowest BCUT2D eigenvalue weighted by atomic mass is 9.92. The molecule has 2 aromatic rings. The highest BCUT2D eigenvalue weighted by molar-refractivity contribution is 5.85. The first-order valence-corrected chi connectivity index (χ1v) is 8.16. The minimum atomic E-state index is 0. The lowest BCUT2D eigenvalue weighted by molar-refractivity contribution is 0.137. The third-order valence-electron chi connectivity index (χ3n) is 4.72. The molecule has 0 bridgehead atoms. The molecule has 1 unspecified atom stereocenters. The van der Waals surface area contributed by atoms with Crippen molar-refractivity contribution < 1.29 is 0 Å². The van der Waals surface area contributed by atoms with E-state index in [4.69, 9.17) is 0 Å². The van der Waals surface area contributed by atoms with Gasteiger partial charge >= 0.3 is 0 Å². The van der Waals surface area contributed by atoms with Crippen LogP contribution < -0.4 is 0 Å². The average molecular weight is 316 g/mol. The smallest absolute Gasteiger partial charge is 0.0388 e. The molecular formula is C20H26ClN. The van der Waals surface area contributed by atoms with E-state index in [0.717, 1.165) is 12.3 Å². The van der Waals surface area contributed by atoms with E-state index >= 15 is 0 Å². The molecule has 1 heterocycles. The zero-order chi connectivity index (χ0) is 14.5. The van der Waals surface area contributed by atoms with E-state index in [1.807, 2.05) is 0 Å². The van der Waals surface area contributed by atoms with Gasteiger partial charge in [-0.3, -0.25) is 4.90 Å². The van der Waals surface area contributed by atoms with Gasteiger partial charge in [-0.1, -0.05) is 67.6 Å². The Labute approximate surface area is 140 Å². The lowest BCUT2D eigenvalue weighted by Crippen LogP contribution is -2.37. The van der Waals surface area contributed by atoms with E-state index in [2.05, 4.69) is 72.5 Å². The zero-order valence-corrected chi connectivity index (χ0v) is 14.1. The van der Waals surface area contributed by atoms with Crippen molar-refractivity contribution in [2.24, 2.45) is 5.92 Å². The minimum Gasteiger partial charge on any atom is -0.296 e. The molecule has 1 atom stereocenters. The summed E-state index contributed by atoms with van der Waals surface area (Å²) < 4.78 is 0. The van der Waals surface area contributed by atoms with Crippen molar-refractivity contribution in [1.82, 2.24) is 4.90 Å². The fourth-order valence-electron chi connectivity index (χ4n) is 3.31. The van der Waals surface area contributed by atoms with Crippen LogP contribution in [0.4, 0.5) is 0 Å². The van der Waals surface area contributed by atoms with Crippen LogP contribution in [0.1, 0.15) is 36.9 Å². The molecule has 0 aliphatic carbocycles. The van der Waals surface area contributed by atoms with Gasteiger partial charge in [-0.15, -0.1) is 12.4 Å². The second-order valence-corrected chi connectivity index (χ2v) is 6.33. The summed E-state index contributed by atoms with van der Waals surface area (Å²) in [6, 6.07) is 22.4. The molecule has 0 amide bonds.